The lowest BCUT2D eigenvalue weighted by Crippen LogP contribution is -2.26. The smallest absolute Gasteiger partial charge is 0.0473 e. The zero-order chi connectivity index (χ0) is 9.40. The Morgan fingerprint density at radius 1 is 1.67 bits per heavy atom. The molecule has 12 heavy (non-hydrogen) atoms. The van der Waals surface area contributed by atoms with Gasteiger partial charge in [0.2, 0.25) is 0 Å². The van der Waals surface area contributed by atoms with Crippen LogP contribution in [-0.2, 0) is 0 Å². The lowest BCUT2D eigenvalue weighted by molar-refractivity contribution is 0.633. The Morgan fingerprint density at radius 2 is 2.33 bits per heavy atom. The lowest BCUT2D eigenvalue weighted by atomic mass is 10.0. The van der Waals surface area contributed by atoms with Crippen LogP contribution in [-0.4, -0.2) is 18.1 Å². The van der Waals surface area contributed by atoms with E-state index in [0.29, 0.717) is 6.04 Å². The van der Waals surface area contributed by atoms with Crippen molar-refractivity contribution < 1.29 is 0 Å². The van der Waals surface area contributed by atoms with E-state index in [-0.39, 0.29) is 0 Å². The van der Waals surface area contributed by atoms with E-state index in [1.54, 1.807) is 6.20 Å². The maximum absolute atomic E-state index is 4.03. The van der Waals surface area contributed by atoms with Crippen molar-refractivity contribution in [2.45, 2.75) is 25.8 Å². The van der Waals surface area contributed by atoms with E-state index in [4.69, 9.17) is 0 Å². The van der Waals surface area contributed by atoms with Gasteiger partial charge in [-0.3, -0.25) is 0 Å². The third kappa shape index (κ3) is 4.50. The van der Waals surface area contributed by atoms with Gasteiger partial charge in [0, 0.05) is 6.04 Å². The second-order valence-corrected chi connectivity index (χ2v) is 3.70. The van der Waals surface area contributed by atoms with E-state index in [0.717, 1.165) is 12.8 Å². The minimum Gasteiger partial charge on any atom is -0.385 e. The van der Waals surface area contributed by atoms with E-state index in [9.17, 15) is 0 Å². The first kappa shape index (κ1) is 11.6. The van der Waals surface area contributed by atoms with Gasteiger partial charge in [0.1, 0.15) is 0 Å². The van der Waals surface area contributed by atoms with Crippen LogP contribution in [0.2, 0.25) is 0 Å². The normalized spacial score (nSPS) is 12.2. The molecule has 0 rings (SSSR count). The van der Waals surface area contributed by atoms with Crippen molar-refractivity contribution in [3.8, 4) is 0 Å². The summed E-state index contributed by atoms with van der Waals surface area (Å²) in [6.07, 6.45) is 6.06. The fourth-order valence-electron chi connectivity index (χ4n) is 1.03. The third-order valence-electron chi connectivity index (χ3n) is 1.88. The minimum atomic E-state index is 0.417. The summed E-state index contributed by atoms with van der Waals surface area (Å²) in [7, 11) is 0. The molecule has 0 spiro atoms. The molecule has 0 radical (unpaired) electrons. The first-order valence-corrected chi connectivity index (χ1v) is 5.69. The van der Waals surface area contributed by atoms with Gasteiger partial charge in [-0.05, 0) is 31.1 Å². The van der Waals surface area contributed by atoms with Gasteiger partial charge in [0.15, 0.2) is 0 Å². The topological polar surface area (TPSA) is 12.0 Å². The molecule has 0 amide bonds. The molecule has 1 atom stereocenters. The number of nitrogens with one attached hydrogen (secondary N) is 1. The maximum atomic E-state index is 4.03. The molecular weight excluding hydrogens is 166 g/mol. The van der Waals surface area contributed by atoms with Gasteiger partial charge < -0.3 is 5.32 Å². The third-order valence-corrected chi connectivity index (χ3v) is 2.52. The molecule has 0 unspecified atom stereocenters. The standard InChI is InChI=1S/C10H19NS/c1-5-9(3)10(11-6-2)7-8-12-4/h6,10-11H,2-3,5,7-8H2,1,4H3/t10-/m0/s1. The Kier molecular flexibility index (Phi) is 7.06. The second-order valence-electron chi connectivity index (χ2n) is 2.72. The van der Waals surface area contributed by atoms with E-state index < -0.39 is 0 Å². The molecule has 70 valence electrons. The van der Waals surface area contributed by atoms with Crippen LogP contribution in [0.5, 0.6) is 0 Å². The highest BCUT2D eigenvalue weighted by Crippen LogP contribution is 2.10. The second kappa shape index (κ2) is 7.29. The van der Waals surface area contributed by atoms with E-state index in [1.807, 2.05) is 11.8 Å². The van der Waals surface area contributed by atoms with Crippen molar-refractivity contribution in [3.05, 3.63) is 24.9 Å². The highest BCUT2D eigenvalue weighted by atomic mass is 32.2. The largest absolute Gasteiger partial charge is 0.385 e. The Balaban J connectivity index is 3.84. The predicted octanol–water partition coefficient (Wildman–Crippen LogP) is 2.81. The molecule has 0 saturated heterocycles. The molecular formula is C10H19NS. The average Bonchev–Trinajstić information content (AvgIpc) is 2.11. The fraction of sp³-hybridized carbons (Fsp3) is 0.600. The van der Waals surface area contributed by atoms with Crippen LogP contribution >= 0.6 is 11.8 Å². The molecule has 0 heterocycles. The average molecular weight is 185 g/mol. The van der Waals surface area contributed by atoms with Crippen molar-refractivity contribution in [2.24, 2.45) is 0 Å². The van der Waals surface area contributed by atoms with Gasteiger partial charge in [0.25, 0.3) is 0 Å². The molecule has 0 aliphatic carbocycles. The Hall–Kier alpha value is -0.370. The highest BCUT2D eigenvalue weighted by Gasteiger charge is 2.07. The quantitative estimate of drug-likeness (QED) is 0.612. The molecule has 0 aliphatic heterocycles. The van der Waals surface area contributed by atoms with Crippen LogP contribution in [0, 0.1) is 0 Å². The molecule has 0 saturated carbocycles. The summed E-state index contributed by atoms with van der Waals surface area (Å²) >= 11 is 1.87. The van der Waals surface area contributed by atoms with Gasteiger partial charge in [-0.25, -0.2) is 0 Å². The van der Waals surface area contributed by atoms with Crippen LogP contribution in [0.1, 0.15) is 19.8 Å². The first-order valence-electron chi connectivity index (χ1n) is 4.29. The van der Waals surface area contributed by atoms with Crippen LogP contribution in [0.4, 0.5) is 0 Å². The van der Waals surface area contributed by atoms with Gasteiger partial charge in [-0.2, -0.15) is 11.8 Å². The SMILES string of the molecule is C=CN[C@@H](CCSC)C(=C)CC. The summed E-state index contributed by atoms with van der Waals surface area (Å²) in [5.74, 6) is 1.17. The summed E-state index contributed by atoms with van der Waals surface area (Å²) in [4.78, 5) is 0. The minimum absolute atomic E-state index is 0.417. The summed E-state index contributed by atoms with van der Waals surface area (Å²) in [6.45, 7) is 9.83. The van der Waals surface area contributed by atoms with E-state index in [1.165, 1.54) is 11.3 Å². The highest BCUT2D eigenvalue weighted by molar-refractivity contribution is 7.98. The summed E-state index contributed by atoms with van der Waals surface area (Å²) in [5.41, 5.74) is 1.27. The van der Waals surface area contributed by atoms with E-state index >= 15 is 0 Å². The monoisotopic (exact) mass is 185 g/mol. The predicted molar refractivity (Wildman–Crippen MR) is 59.6 cm³/mol. The molecule has 0 bridgehead atoms. The van der Waals surface area contributed by atoms with Crippen LogP contribution in [0.25, 0.3) is 0 Å². The van der Waals surface area contributed by atoms with Gasteiger partial charge in [-0.15, -0.1) is 0 Å². The number of hydrogen-bond acceptors (Lipinski definition) is 2. The Labute approximate surface area is 80.3 Å². The Morgan fingerprint density at radius 3 is 2.75 bits per heavy atom. The van der Waals surface area contributed by atoms with Crippen LogP contribution < -0.4 is 5.32 Å². The van der Waals surface area contributed by atoms with Crippen molar-refractivity contribution in [1.29, 1.82) is 0 Å². The molecule has 2 heteroatoms. The van der Waals surface area contributed by atoms with Gasteiger partial charge >= 0.3 is 0 Å². The summed E-state index contributed by atoms with van der Waals surface area (Å²) < 4.78 is 0. The molecule has 0 aromatic carbocycles. The maximum Gasteiger partial charge on any atom is 0.0473 e. The summed E-state index contributed by atoms with van der Waals surface area (Å²) in [5, 5.41) is 3.22. The summed E-state index contributed by atoms with van der Waals surface area (Å²) in [6, 6.07) is 0.417. The first-order chi connectivity index (χ1) is 5.76. The Bertz CT molecular complexity index is 143. The van der Waals surface area contributed by atoms with Crippen molar-refractivity contribution in [2.75, 3.05) is 12.0 Å². The van der Waals surface area contributed by atoms with Crippen molar-refractivity contribution in [1.82, 2.24) is 5.32 Å². The number of thioether (sulfide) groups is 1. The molecule has 1 N–H and O–H groups in total. The van der Waals surface area contributed by atoms with Gasteiger partial charge in [-0.1, -0.05) is 25.7 Å². The number of rotatable bonds is 7. The zero-order valence-corrected chi connectivity index (χ0v) is 8.91. The van der Waals surface area contributed by atoms with Crippen molar-refractivity contribution >= 4 is 11.8 Å². The molecule has 1 nitrogen and oxygen atoms in total. The molecule has 0 aromatic heterocycles. The molecule has 0 fully saturated rings. The van der Waals surface area contributed by atoms with Crippen LogP contribution in [0.15, 0.2) is 24.9 Å². The molecule has 0 aliphatic rings. The van der Waals surface area contributed by atoms with Crippen LogP contribution in [0.3, 0.4) is 0 Å². The number of hydrogen-bond donors (Lipinski definition) is 1. The van der Waals surface area contributed by atoms with Crippen molar-refractivity contribution in [3.63, 3.8) is 0 Å². The fourth-order valence-corrected chi connectivity index (χ4v) is 1.50. The van der Waals surface area contributed by atoms with E-state index in [2.05, 4.69) is 31.7 Å². The zero-order valence-electron chi connectivity index (χ0n) is 8.10. The lowest BCUT2D eigenvalue weighted by Gasteiger charge is -2.18. The van der Waals surface area contributed by atoms with Gasteiger partial charge in [0.05, 0.1) is 0 Å². The molecule has 0 aromatic rings.